The Hall–Kier alpha value is -2.86. The van der Waals surface area contributed by atoms with E-state index in [4.69, 9.17) is 27.1 Å². The second-order valence-electron chi connectivity index (χ2n) is 6.00. The predicted molar refractivity (Wildman–Crippen MR) is 94.1 cm³/mol. The zero-order valence-corrected chi connectivity index (χ0v) is 13.5. The van der Waals surface area contributed by atoms with E-state index in [2.05, 4.69) is 0 Å². The molecule has 0 saturated carbocycles. The predicted octanol–water partition coefficient (Wildman–Crippen LogP) is 2.90. The Labute approximate surface area is 141 Å². The number of aromatic nitrogens is 1. The number of benzene rings is 1. The van der Waals surface area contributed by atoms with E-state index in [1.54, 1.807) is 6.07 Å². The van der Waals surface area contributed by atoms with Gasteiger partial charge in [0.2, 0.25) is 0 Å². The first kappa shape index (κ1) is 13.6. The molecule has 0 saturated heterocycles. The van der Waals surface area contributed by atoms with Crippen LogP contribution in [0, 0.1) is 6.92 Å². The lowest BCUT2D eigenvalue weighted by Gasteiger charge is -2.25. The summed E-state index contributed by atoms with van der Waals surface area (Å²) in [5.41, 5.74) is 9.44. The molecule has 2 aliphatic heterocycles. The number of hydrogen-bond acceptors (Lipinski definition) is 5. The van der Waals surface area contributed by atoms with Gasteiger partial charge in [0.15, 0.2) is 10.8 Å². The molecule has 2 aromatic heterocycles. The number of ether oxygens (including phenoxy) is 1. The summed E-state index contributed by atoms with van der Waals surface area (Å²) < 4.78 is 13.3. The van der Waals surface area contributed by atoms with Crippen LogP contribution in [0.15, 0.2) is 51.3 Å². The zero-order chi connectivity index (χ0) is 16.6. The Kier molecular flexibility index (Phi) is 2.46. The average Bonchev–Trinajstić information content (AvgIpc) is 3.07. The molecule has 2 aliphatic rings. The van der Waals surface area contributed by atoms with E-state index in [0.717, 1.165) is 16.6 Å². The highest BCUT2D eigenvalue weighted by Crippen LogP contribution is 2.49. The van der Waals surface area contributed by atoms with Crippen LogP contribution < -0.4 is 16.1 Å². The van der Waals surface area contributed by atoms with Crippen molar-refractivity contribution in [3.63, 3.8) is 0 Å². The minimum absolute atomic E-state index is 0.309. The fourth-order valence-corrected chi connectivity index (χ4v) is 3.98. The van der Waals surface area contributed by atoms with Crippen LogP contribution in [0.4, 0.5) is 0 Å². The van der Waals surface area contributed by atoms with Gasteiger partial charge >= 0.3 is 5.63 Å². The van der Waals surface area contributed by atoms with E-state index in [-0.39, 0.29) is 5.92 Å². The van der Waals surface area contributed by atoms with Crippen LogP contribution in [0.1, 0.15) is 22.7 Å². The van der Waals surface area contributed by atoms with Gasteiger partial charge < -0.3 is 19.5 Å². The van der Waals surface area contributed by atoms with Gasteiger partial charge in [-0.1, -0.05) is 12.1 Å². The lowest BCUT2D eigenvalue weighted by Crippen LogP contribution is -2.27. The molecule has 1 aromatic carbocycles. The van der Waals surface area contributed by atoms with Crippen molar-refractivity contribution >= 4 is 34.1 Å². The summed E-state index contributed by atoms with van der Waals surface area (Å²) in [5.74, 6) is 0.630. The Morgan fingerprint density at radius 1 is 1.25 bits per heavy atom. The van der Waals surface area contributed by atoms with Crippen molar-refractivity contribution in [1.82, 2.24) is 4.57 Å². The first-order chi connectivity index (χ1) is 11.6. The summed E-state index contributed by atoms with van der Waals surface area (Å²) in [4.78, 5) is 12.7. The van der Waals surface area contributed by atoms with E-state index < -0.39 is 5.63 Å². The van der Waals surface area contributed by atoms with Gasteiger partial charge in [-0.3, -0.25) is 0 Å². The molecule has 6 heteroatoms. The molecule has 0 aliphatic carbocycles. The Morgan fingerprint density at radius 3 is 2.88 bits per heavy atom. The largest absolute Gasteiger partial charge is 0.444 e. The first-order valence-electron chi connectivity index (χ1n) is 7.53. The number of para-hydroxylation sites is 1. The molecule has 5 rings (SSSR count). The Bertz CT molecular complexity index is 1150. The number of nitrogens with two attached hydrogens (primary N) is 1. The first-order valence-corrected chi connectivity index (χ1v) is 7.94. The van der Waals surface area contributed by atoms with E-state index in [1.165, 1.54) is 0 Å². The van der Waals surface area contributed by atoms with Gasteiger partial charge in [0.05, 0.1) is 22.4 Å². The summed E-state index contributed by atoms with van der Waals surface area (Å²) in [6, 6.07) is 9.26. The molecule has 118 valence electrons. The van der Waals surface area contributed by atoms with Crippen LogP contribution in [0.5, 0.6) is 5.75 Å². The smallest absolute Gasteiger partial charge is 0.344 e. The molecule has 24 heavy (non-hydrogen) atoms. The van der Waals surface area contributed by atoms with Crippen LogP contribution >= 0.6 is 12.2 Å². The van der Waals surface area contributed by atoms with Crippen LogP contribution in [-0.4, -0.2) is 9.62 Å². The second-order valence-corrected chi connectivity index (χ2v) is 6.37. The second kappa shape index (κ2) is 4.36. The minimum atomic E-state index is -0.421. The highest BCUT2D eigenvalue weighted by Gasteiger charge is 2.43. The summed E-state index contributed by atoms with van der Waals surface area (Å²) in [6.07, 6.45) is 1.89. The molecule has 1 unspecified atom stereocenters. The highest BCUT2D eigenvalue weighted by molar-refractivity contribution is 7.80. The molecular weight excluding hydrogens is 324 g/mol. The van der Waals surface area contributed by atoms with Gasteiger partial charge in [0.25, 0.3) is 0 Å². The number of aryl methyl sites for hydroxylation is 1. The molecular formula is C18H12N2O3S. The van der Waals surface area contributed by atoms with Gasteiger partial charge in [0, 0.05) is 11.9 Å². The summed E-state index contributed by atoms with van der Waals surface area (Å²) >= 11 is 5.45. The van der Waals surface area contributed by atoms with Gasteiger partial charge in [-0.05, 0) is 42.9 Å². The molecule has 4 heterocycles. The maximum absolute atomic E-state index is 12.7. The summed E-state index contributed by atoms with van der Waals surface area (Å²) in [7, 11) is 0. The maximum atomic E-state index is 12.7. The lowest BCUT2D eigenvalue weighted by atomic mass is 9.86. The molecule has 3 aromatic rings. The molecule has 1 atom stereocenters. The fourth-order valence-electron chi connectivity index (χ4n) is 3.68. The van der Waals surface area contributed by atoms with E-state index >= 15 is 0 Å². The van der Waals surface area contributed by atoms with Gasteiger partial charge in [-0.15, -0.1) is 0 Å². The Morgan fingerprint density at radius 2 is 2.04 bits per heavy atom. The molecule has 0 fully saturated rings. The van der Waals surface area contributed by atoms with E-state index in [1.807, 2.05) is 42.0 Å². The number of thiocarbonyl (C=S) groups is 1. The third-order valence-corrected chi connectivity index (χ3v) is 5.04. The monoisotopic (exact) mass is 336 g/mol. The average molecular weight is 336 g/mol. The van der Waals surface area contributed by atoms with E-state index in [9.17, 15) is 4.79 Å². The quantitative estimate of drug-likeness (QED) is 0.505. The Balaban J connectivity index is 1.94. The SMILES string of the molecule is Cc1ccn2c1C1C(=C2N)C(=S)Oc2c1c(=O)oc1ccccc21. The van der Waals surface area contributed by atoms with Crippen LogP contribution in [0.3, 0.4) is 0 Å². The van der Waals surface area contributed by atoms with Crippen LogP contribution in [-0.2, 0) is 0 Å². The van der Waals surface area contributed by atoms with Gasteiger partial charge in [0.1, 0.15) is 11.4 Å². The van der Waals surface area contributed by atoms with Crippen LogP contribution in [0.2, 0.25) is 0 Å². The zero-order valence-electron chi connectivity index (χ0n) is 12.7. The van der Waals surface area contributed by atoms with Crippen molar-refractivity contribution in [2.24, 2.45) is 5.73 Å². The van der Waals surface area contributed by atoms with Gasteiger partial charge in [-0.2, -0.15) is 0 Å². The molecule has 0 radical (unpaired) electrons. The van der Waals surface area contributed by atoms with Crippen molar-refractivity contribution < 1.29 is 9.15 Å². The van der Waals surface area contributed by atoms with Crippen LogP contribution in [0.25, 0.3) is 16.8 Å². The highest BCUT2D eigenvalue weighted by atomic mass is 32.1. The number of hydrogen-bond donors (Lipinski definition) is 1. The fraction of sp³-hybridized carbons (Fsp3) is 0.111. The lowest BCUT2D eigenvalue weighted by molar-refractivity contribution is 0.496. The topological polar surface area (TPSA) is 70.4 Å². The van der Waals surface area contributed by atoms with E-state index in [0.29, 0.717) is 33.3 Å². The summed E-state index contributed by atoms with van der Waals surface area (Å²) in [5, 5.41) is 1.04. The third kappa shape index (κ3) is 1.48. The van der Waals surface area contributed by atoms with Crippen molar-refractivity contribution in [1.29, 1.82) is 0 Å². The normalized spacial score (nSPS) is 18.4. The summed E-state index contributed by atoms with van der Waals surface area (Å²) in [6.45, 7) is 1.99. The third-order valence-electron chi connectivity index (χ3n) is 4.74. The molecule has 0 spiro atoms. The molecule has 0 amide bonds. The molecule has 2 N–H and O–H groups in total. The van der Waals surface area contributed by atoms with Crippen molar-refractivity contribution in [2.45, 2.75) is 12.8 Å². The number of rotatable bonds is 0. The van der Waals surface area contributed by atoms with Gasteiger partial charge in [-0.25, -0.2) is 4.79 Å². The number of fused-ring (bicyclic) bond motifs is 7. The molecule has 0 bridgehead atoms. The van der Waals surface area contributed by atoms with Crippen molar-refractivity contribution in [3.05, 3.63) is 69.3 Å². The molecule has 5 nitrogen and oxygen atoms in total. The number of nitrogens with zero attached hydrogens (tertiary/aromatic N) is 1. The van der Waals surface area contributed by atoms with Crippen molar-refractivity contribution in [2.75, 3.05) is 0 Å². The van der Waals surface area contributed by atoms with Crippen molar-refractivity contribution in [3.8, 4) is 5.75 Å². The standard InChI is InChI=1S/C18H12N2O3S/c1-8-6-7-20-14(8)11-12-15(23-18(24)13(11)16(20)19)9-4-2-3-5-10(9)22-17(12)21/h2-7,11H,19H2,1H3. The maximum Gasteiger partial charge on any atom is 0.344 e. The minimum Gasteiger partial charge on any atom is -0.444 e.